The van der Waals surface area contributed by atoms with Crippen LogP contribution in [-0.2, 0) is 0 Å². The van der Waals surface area contributed by atoms with Crippen molar-refractivity contribution in [2.75, 3.05) is 0 Å². The third-order valence-electron chi connectivity index (χ3n) is 3.09. The summed E-state index contributed by atoms with van der Waals surface area (Å²) in [6, 6.07) is 11.7. The van der Waals surface area contributed by atoms with E-state index < -0.39 is 5.82 Å². The molecule has 0 unspecified atom stereocenters. The molecule has 0 bridgehead atoms. The zero-order chi connectivity index (χ0) is 15.5. The van der Waals surface area contributed by atoms with Crippen molar-refractivity contribution in [3.63, 3.8) is 0 Å². The van der Waals surface area contributed by atoms with Crippen LogP contribution in [0.4, 0.5) is 10.3 Å². The first kappa shape index (κ1) is 13.8. The average molecular weight is 294 g/mol. The summed E-state index contributed by atoms with van der Waals surface area (Å²) in [5.41, 5.74) is 1.09. The molecule has 3 aromatic rings. The third-order valence-corrected chi connectivity index (χ3v) is 3.09. The summed E-state index contributed by atoms with van der Waals surface area (Å²) in [7, 11) is 0. The van der Waals surface area contributed by atoms with Crippen molar-refractivity contribution >= 4 is 12.7 Å². The minimum Gasteiger partial charge on any atom is -0.284 e. The van der Waals surface area contributed by atoms with Gasteiger partial charge in [0.1, 0.15) is 5.69 Å². The molecule has 0 spiro atoms. The quantitative estimate of drug-likeness (QED) is 0.698. The minimum absolute atomic E-state index is 0.0960. The van der Waals surface area contributed by atoms with Crippen LogP contribution in [0.25, 0.3) is 16.9 Å². The first-order chi connectivity index (χ1) is 10.7. The summed E-state index contributed by atoms with van der Waals surface area (Å²) >= 11 is 0. The Balaban J connectivity index is 2.15. The molecule has 0 saturated carbocycles. The van der Waals surface area contributed by atoms with Crippen molar-refractivity contribution in [2.45, 2.75) is 0 Å². The van der Waals surface area contributed by atoms with Crippen molar-refractivity contribution in [3.8, 4) is 16.9 Å². The van der Waals surface area contributed by atoms with Crippen LogP contribution in [0.5, 0.6) is 0 Å². The smallest absolute Gasteiger partial charge is 0.255 e. The van der Waals surface area contributed by atoms with Gasteiger partial charge in [-0.15, -0.1) is 0 Å². The molecule has 0 amide bonds. The van der Waals surface area contributed by atoms with Gasteiger partial charge in [-0.3, -0.25) is 9.36 Å². The number of rotatable bonds is 3. The van der Waals surface area contributed by atoms with Gasteiger partial charge in [-0.1, -0.05) is 18.2 Å². The first-order valence-electron chi connectivity index (χ1n) is 6.47. The lowest BCUT2D eigenvalue weighted by Gasteiger charge is -2.08. The second-order valence-electron chi connectivity index (χ2n) is 4.48. The average Bonchev–Trinajstić information content (AvgIpc) is 2.56. The maximum atomic E-state index is 13.9. The molecule has 2 aromatic heterocycles. The van der Waals surface area contributed by atoms with Crippen molar-refractivity contribution in [1.29, 1.82) is 0 Å². The molecule has 108 valence electrons. The topological polar surface area (TPSA) is 60.1 Å². The number of benzene rings is 1. The summed E-state index contributed by atoms with van der Waals surface area (Å²) in [4.78, 5) is 23.2. The molecule has 1 aromatic carbocycles. The lowest BCUT2D eigenvalue weighted by atomic mass is 10.1. The lowest BCUT2D eigenvalue weighted by molar-refractivity contribution is 0.618. The van der Waals surface area contributed by atoms with Crippen LogP contribution in [0.1, 0.15) is 0 Å². The number of nitrogens with zero attached hydrogens (tertiary/aromatic N) is 4. The molecule has 3 rings (SSSR count). The molecule has 0 N–H and O–H groups in total. The van der Waals surface area contributed by atoms with E-state index in [4.69, 9.17) is 0 Å². The Kier molecular flexibility index (Phi) is 3.57. The minimum atomic E-state index is -0.565. The van der Waals surface area contributed by atoms with Crippen LogP contribution < -0.4 is 5.56 Å². The highest BCUT2D eigenvalue weighted by atomic mass is 19.1. The molecule has 0 fully saturated rings. The summed E-state index contributed by atoms with van der Waals surface area (Å²) in [5, 5.41) is 0. The van der Waals surface area contributed by atoms with E-state index in [1.165, 1.54) is 10.6 Å². The number of halogens is 1. The Bertz CT molecular complexity index is 904. The molecule has 0 saturated heterocycles. The largest absolute Gasteiger partial charge is 0.284 e. The van der Waals surface area contributed by atoms with Crippen molar-refractivity contribution in [1.82, 2.24) is 14.5 Å². The van der Waals surface area contributed by atoms with Crippen LogP contribution in [0, 0.1) is 5.82 Å². The molecule has 5 nitrogen and oxygen atoms in total. The summed E-state index contributed by atoms with van der Waals surface area (Å²) < 4.78 is 15.4. The zero-order valence-corrected chi connectivity index (χ0v) is 11.5. The van der Waals surface area contributed by atoms with E-state index >= 15 is 0 Å². The second-order valence-corrected chi connectivity index (χ2v) is 4.48. The Morgan fingerprint density at radius 1 is 1.18 bits per heavy atom. The van der Waals surface area contributed by atoms with Gasteiger partial charge in [-0.05, 0) is 24.9 Å². The Morgan fingerprint density at radius 2 is 2.05 bits per heavy atom. The SMILES string of the molecule is C=Nc1ncc(F)c(-c2cccc(-n3ccccc3=O)c2)n1. The van der Waals surface area contributed by atoms with Crippen LogP contribution in [0.2, 0.25) is 0 Å². The summed E-state index contributed by atoms with van der Waals surface area (Å²) in [6.45, 7) is 3.33. The molecular weight excluding hydrogens is 283 g/mol. The van der Waals surface area contributed by atoms with Crippen molar-refractivity contribution in [3.05, 3.63) is 71.0 Å². The van der Waals surface area contributed by atoms with Gasteiger partial charge >= 0.3 is 0 Å². The molecule has 0 radical (unpaired) electrons. The number of pyridine rings is 1. The second kappa shape index (κ2) is 5.69. The molecule has 0 aliphatic carbocycles. The van der Waals surface area contributed by atoms with E-state index in [0.29, 0.717) is 11.3 Å². The zero-order valence-electron chi connectivity index (χ0n) is 11.5. The Hall–Kier alpha value is -3.15. The van der Waals surface area contributed by atoms with Gasteiger partial charge in [0.05, 0.1) is 6.20 Å². The highest BCUT2D eigenvalue weighted by molar-refractivity contribution is 5.63. The van der Waals surface area contributed by atoms with Gasteiger partial charge in [0, 0.05) is 23.5 Å². The monoisotopic (exact) mass is 294 g/mol. The molecule has 22 heavy (non-hydrogen) atoms. The van der Waals surface area contributed by atoms with E-state index in [1.54, 1.807) is 42.6 Å². The Morgan fingerprint density at radius 3 is 2.82 bits per heavy atom. The maximum Gasteiger partial charge on any atom is 0.255 e. The number of aliphatic imine (C=N–C) groups is 1. The van der Waals surface area contributed by atoms with Crippen molar-refractivity contribution < 1.29 is 4.39 Å². The van der Waals surface area contributed by atoms with Gasteiger partial charge in [-0.25, -0.2) is 19.4 Å². The molecular formula is C16H11FN4O. The predicted octanol–water partition coefficient (Wildman–Crippen LogP) is 2.77. The van der Waals surface area contributed by atoms with Gasteiger partial charge in [0.2, 0.25) is 5.95 Å². The van der Waals surface area contributed by atoms with Crippen LogP contribution >= 0.6 is 0 Å². The fraction of sp³-hybridized carbons (Fsp3) is 0. The van der Waals surface area contributed by atoms with Gasteiger partial charge in [0.15, 0.2) is 5.82 Å². The van der Waals surface area contributed by atoms with Crippen molar-refractivity contribution in [2.24, 2.45) is 4.99 Å². The van der Waals surface area contributed by atoms with Crippen LogP contribution in [0.3, 0.4) is 0 Å². The van der Waals surface area contributed by atoms with E-state index in [-0.39, 0.29) is 17.2 Å². The fourth-order valence-electron chi connectivity index (χ4n) is 2.08. The van der Waals surface area contributed by atoms with Crippen LogP contribution in [0.15, 0.2) is 64.6 Å². The predicted molar refractivity (Wildman–Crippen MR) is 82.2 cm³/mol. The first-order valence-corrected chi connectivity index (χ1v) is 6.47. The summed E-state index contributed by atoms with van der Waals surface area (Å²) in [6.07, 6.45) is 2.70. The normalized spacial score (nSPS) is 10.4. The maximum absolute atomic E-state index is 13.9. The standard InChI is InChI=1S/C16H11FN4O/c1-18-16-19-10-13(17)15(20-16)11-5-4-6-12(9-11)21-8-3-2-7-14(21)22/h2-10H,1H2. The van der Waals surface area contributed by atoms with E-state index in [9.17, 15) is 9.18 Å². The molecule has 0 aliphatic rings. The molecule has 0 atom stereocenters. The molecule has 0 aliphatic heterocycles. The van der Waals surface area contributed by atoms with E-state index in [1.807, 2.05) is 0 Å². The Labute approximate surface area is 125 Å². The highest BCUT2D eigenvalue weighted by Crippen LogP contribution is 2.23. The van der Waals surface area contributed by atoms with Gasteiger partial charge < -0.3 is 0 Å². The molecule has 2 heterocycles. The van der Waals surface area contributed by atoms with Gasteiger partial charge in [-0.2, -0.15) is 0 Å². The van der Waals surface area contributed by atoms with Crippen LogP contribution in [-0.4, -0.2) is 21.3 Å². The van der Waals surface area contributed by atoms with E-state index in [0.717, 1.165) is 6.20 Å². The fourth-order valence-corrected chi connectivity index (χ4v) is 2.08. The number of aromatic nitrogens is 3. The highest BCUT2D eigenvalue weighted by Gasteiger charge is 2.10. The van der Waals surface area contributed by atoms with E-state index in [2.05, 4.69) is 21.7 Å². The lowest BCUT2D eigenvalue weighted by Crippen LogP contribution is -2.15. The van der Waals surface area contributed by atoms with Gasteiger partial charge in [0.25, 0.3) is 5.56 Å². The number of hydrogen-bond donors (Lipinski definition) is 0. The summed E-state index contributed by atoms with van der Waals surface area (Å²) in [5.74, 6) is -0.469. The number of hydrogen-bond acceptors (Lipinski definition) is 4. The third kappa shape index (κ3) is 2.54. The molecule has 6 heteroatoms.